The molecule has 0 fully saturated rings. The molecular formula is C20H20N2O3. The molecule has 0 unspecified atom stereocenters. The molecule has 0 aliphatic heterocycles. The van der Waals surface area contributed by atoms with Crippen molar-refractivity contribution in [3.63, 3.8) is 0 Å². The summed E-state index contributed by atoms with van der Waals surface area (Å²) in [7, 11) is 1.64. The number of aryl methyl sites for hydroxylation is 1. The van der Waals surface area contributed by atoms with Crippen LogP contribution in [-0.4, -0.2) is 18.0 Å². The number of nitrogens with one attached hydrogen (secondary N) is 1. The summed E-state index contributed by atoms with van der Waals surface area (Å²) in [4.78, 5) is 16.3. The fourth-order valence-electron chi connectivity index (χ4n) is 2.50. The van der Waals surface area contributed by atoms with E-state index >= 15 is 0 Å². The van der Waals surface area contributed by atoms with Gasteiger partial charge < -0.3 is 14.5 Å². The van der Waals surface area contributed by atoms with Gasteiger partial charge in [-0.3, -0.25) is 9.78 Å². The smallest absolute Gasteiger partial charge is 0.220 e. The van der Waals surface area contributed by atoms with Crippen molar-refractivity contribution < 1.29 is 13.9 Å². The lowest BCUT2D eigenvalue weighted by Gasteiger charge is -2.07. The number of furan rings is 1. The molecule has 2 aromatic heterocycles. The van der Waals surface area contributed by atoms with E-state index in [1.165, 1.54) is 0 Å². The Morgan fingerprint density at radius 1 is 1.16 bits per heavy atom. The molecule has 25 heavy (non-hydrogen) atoms. The number of hydrogen-bond donors (Lipinski definition) is 1. The van der Waals surface area contributed by atoms with Crippen LogP contribution in [0.25, 0.3) is 11.3 Å². The number of amides is 1. The number of benzene rings is 1. The fourth-order valence-corrected chi connectivity index (χ4v) is 2.50. The molecule has 0 atom stereocenters. The first kappa shape index (κ1) is 16.8. The molecule has 1 N–H and O–H groups in total. The molecule has 5 nitrogen and oxygen atoms in total. The predicted octanol–water partition coefficient (Wildman–Crippen LogP) is 3.60. The quantitative estimate of drug-likeness (QED) is 0.716. The summed E-state index contributed by atoms with van der Waals surface area (Å²) in [5.74, 6) is 1.59. The highest BCUT2D eigenvalue weighted by Gasteiger charge is 2.05. The number of nitrogens with zero attached hydrogens (tertiary/aromatic N) is 1. The van der Waals surface area contributed by atoms with Gasteiger partial charge in [0.15, 0.2) is 0 Å². The van der Waals surface area contributed by atoms with Crippen LogP contribution in [0, 0.1) is 0 Å². The molecule has 1 aromatic carbocycles. The van der Waals surface area contributed by atoms with Crippen molar-refractivity contribution in [1.29, 1.82) is 0 Å². The SMILES string of the molecule is COc1ccc(CCC(=O)NCc2cncc(-c3ccco3)c2)cc1. The Morgan fingerprint density at radius 2 is 2.00 bits per heavy atom. The molecule has 3 rings (SSSR count). The zero-order chi connectivity index (χ0) is 17.5. The van der Waals surface area contributed by atoms with Gasteiger partial charge in [0.1, 0.15) is 11.5 Å². The molecule has 2 heterocycles. The Bertz CT molecular complexity index is 811. The summed E-state index contributed by atoms with van der Waals surface area (Å²) in [5.41, 5.74) is 2.94. The van der Waals surface area contributed by atoms with Crippen LogP contribution in [0.3, 0.4) is 0 Å². The van der Waals surface area contributed by atoms with Gasteiger partial charge in [-0.05, 0) is 47.9 Å². The number of methoxy groups -OCH3 is 1. The van der Waals surface area contributed by atoms with Gasteiger partial charge in [-0.2, -0.15) is 0 Å². The van der Waals surface area contributed by atoms with Crippen LogP contribution in [0.4, 0.5) is 0 Å². The lowest BCUT2D eigenvalue weighted by atomic mass is 10.1. The normalized spacial score (nSPS) is 10.4. The number of carbonyl (C=O) groups excluding carboxylic acids is 1. The van der Waals surface area contributed by atoms with Crippen molar-refractivity contribution in [3.05, 3.63) is 72.2 Å². The number of pyridine rings is 1. The van der Waals surface area contributed by atoms with E-state index in [-0.39, 0.29) is 5.91 Å². The van der Waals surface area contributed by atoms with E-state index in [1.807, 2.05) is 42.5 Å². The molecule has 0 spiro atoms. The van der Waals surface area contributed by atoms with Gasteiger partial charge in [-0.15, -0.1) is 0 Å². The van der Waals surface area contributed by atoms with Crippen molar-refractivity contribution >= 4 is 5.91 Å². The van der Waals surface area contributed by atoms with Crippen LogP contribution in [0.2, 0.25) is 0 Å². The van der Waals surface area contributed by atoms with Crippen LogP contribution in [0.5, 0.6) is 5.75 Å². The van der Waals surface area contributed by atoms with Gasteiger partial charge in [0.25, 0.3) is 0 Å². The molecule has 3 aromatic rings. The highest BCUT2D eigenvalue weighted by atomic mass is 16.5. The summed E-state index contributed by atoms with van der Waals surface area (Å²) >= 11 is 0. The fraction of sp³-hybridized carbons (Fsp3) is 0.200. The van der Waals surface area contributed by atoms with E-state index in [9.17, 15) is 4.79 Å². The molecule has 128 valence electrons. The van der Waals surface area contributed by atoms with Crippen molar-refractivity contribution in [2.75, 3.05) is 7.11 Å². The van der Waals surface area contributed by atoms with Gasteiger partial charge in [0.05, 0.1) is 13.4 Å². The lowest BCUT2D eigenvalue weighted by molar-refractivity contribution is -0.121. The third-order valence-electron chi connectivity index (χ3n) is 3.89. The highest BCUT2D eigenvalue weighted by Crippen LogP contribution is 2.19. The number of hydrogen-bond acceptors (Lipinski definition) is 4. The standard InChI is InChI=1S/C20H20N2O3/c1-24-18-7-4-15(5-8-18)6-9-20(23)22-13-16-11-17(14-21-12-16)19-3-2-10-25-19/h2-5,7-8,10-12,14H,6,9,13H2,1H3,(H,22,23). The minimum atomic E-state index is 0.0132. The molecule has 0 bridgehead atoms. The van der Waals surface area contributed by atoms with Gasteiger partial charge in [0.2, 0.25) is 5.91 Å². The summed E-state index contributed by atoms with van der Waals surface area (Å²) < 4.78 is 10.5. The zero-order valence-corrected chi connectivity index (χ0v) is 14.1. The second kappa shape index (κ2) is 8.15. The minimum Gasteiger partial charge on any atom is -0.497 e. The maximum absolute atomic E-state index is 12.1. The Labute approximate surface area is 146 Å². The summed E-state index contributed by atoms with van der Waals surface area (Å²) in [6.07, 6.45) is 6.26. The van der Waals surface area contributed by atoms with E-state index in [0.29, 0.717) is 19.4 Å². The van der Waals surface area contributed by atoms with Gasteiger partial charge in [-0.25, -0.2) is 0 Å². The van der Waals surface area contributed by atoms with E-state index in [0.717, 1.165) is 28.2 Å². The molecule has 0 saturated heterocycles. The molecule has 0 aliphatic rings. The molecule has 0 aliphatic carbocycles. The molecule has 5 heteroatoms. The first-order valence-electron chi connectivity index (χ1n) is 8.12. The van der Waals surface area contributed by atoms with Gasteiger partial charge in [-0.1, -0.05) is 12.1 Å². The Morgan fingerprint density at radius 3 is 2.72 bits per heavy atom. The van der Waals surface area contributed by atoms with E-state index < -0.39 is 0 Å². The maximum Gasteiger partial charge on any atom is 0.220 e. The van der Waals surface area contributed by atoms with E-state index in [1.54, 1.807) is 25.8 Å². The van der Waals surface area contributed by atoms with Crippen LogP contribution < -0.4 is 10.1 Å². The van der Waals surface area contributed by atoms with Crippen LogP contribution in [-0.2, 0) is 17.8 Å². The third kappa shape index (κ3) is 4.70. The summed E-state index contributed by atoms with van der Waals surface area (Å²) in [6, 6.07) is 13.4. The van der Waals surface area contributed by atoms with Gasteiger partial charge in [0, 0.05) is 30.9 Å². The molecule has 1 amide bonds. The van der Waals surface area contributed by atoms with Crippen LogP contribution in [0.1, 0.15) is 17.5 Å². The highest BCUT2D eigenvalue weighted by molar-refractivity contribution is 5.76. The second-order valence-corrected chi connectivity index (χ2v) is 5.68. The van der Waals surface area contributed by atoms with Crippen molar-refractivity contribution in [1.82, 2.24) is 10.3 Å². The second-order valence-electron chi connectivity index (χ2n) is 5.68. The van der Waals surface area contributed by atoms with E-state index in [2.05, 4.69) is 10.3 Å². The zero-order valence-electron chi connectivity index (χ0n) is 14.1. The van der Waals surface area contributed by atoms with Crippen LogP contribution >= 0.6 is 0 Å². The molecule has 0 radical (unpaired) electrons. The maximum atomic E-state index is 12.1. The molecule has 0 saturated carbocycles. The first-order chi connectivity index (χ1) is 12.2. The Kier molecular flexibility index (Phi) is 5.46. The first-order valence-corrected chi connectivity index (χ1v) is 8.12. The van der Waals surface area contributed by atoms with Gasteiger partial charge >= 0.3 is 0 Å². The van der Waals surface area contributed by atoms with Crippen molar-refractivity contribution in [2.45, 2.75) is 19.4 Å². The average Bonchev–Trinajstić information content (AvgIpc) is 3.20. The number of carbonyl (C=O) groups is 1. The number of ether oxygens (including phenoxy) is 1. The van der Waals surface area contributed by atoms with Crippen molar-refractivity contribution in [3.8, 4) is 17.1 Å². The summed E-state index contributed by atoms with van der Waals surface area (Å²) in [6.45, 7) is 0.447. The molecular weight excluding hydrogens is 316 g/mol. The average molecular weight is 336 g/mol. The summed E-state index contributed by atoms with van der Waals surface area (Å²) in [5, 5.41) is 2.93. The van der Waals surface area contributed by atoms with Crippen LogP contribution in [0.15, 0.2) is 65.5 Å². The lowest BCUT2D eigenvalue weighted by Crippen LogP contribution is -2.23. The predicted molar refractivity (Wildman–Crippen MR) is 95.1 cm³/mol. The third-order valence-corrected chi connectivity index (χ3v) is 3.89. The minimum absolute atomic E-state index is 0.0132. The van der Waals surface area contributed by atoms with Crippen molar-refractivity contribution in [2.24, 2.45) is 0 Å². The topological polar surface area (TPSA) is 64.4 Å². The monoisotopic (exact) mass is 336 g/mol. The Hall–Kier alpha value is -3.08. The Balaban J connectivity index is 1.49. The number of aromatic nitrogens is 1. The number of rotatable bonds is 7. The van der Waals surface area contributed by atoms with E-state index in [4.69, 9.17) is 9.15 Å². The largest absolute Gasteiger partial charge is 0.497 e.